The van der Waals surface area contributed by atoms with Crippen LogP contribution >= 0.6 is 0 Å². The van der Waals surface area contributed by atoms with Crippen LogP contribution < -0.4 is 5.32 Å². The summed E-state index contributed by atoms with van der Waals surface area (Å²) in [6.07, 6.45) is 0.988. The van der Waals surface area contributed by atoms with E-state index in [0.717, 1.165) is 18.5 Å². The van der Waals surface area contributed by atoms with Crippen LogP contribution in [0, 0.1) is 6.92 Å². The Morgan fingerprint density at radius 1 is 1.29 bits per heavy atom. The van der Waals surface area contributed by atoms with Gasteiger partial charge in [-0.2, -0.15) is 0 Å². The Morgan fingerprint density at radius 2 is 1.94 bits per heavy atom. The summed E-state index contributed by atoms with van der Waals surface area (Å²) in [5.41, 5.74) is 2.15. The largest absolute Gasteiger partial charge is 0.465 e. The lowest BCUT2D eigenvalue weighted by atomic mass is 10.1. The molecule has 0 radical (unpaired) electrons. The molecule has 3 nitrogen and oxygen atoms in total. The molecule has 0 fully saturated rings. The lowest BCUT2D eigenvalue weighted by molar-refractivity contribution is -0.145. The SMILES string of the molecule is CCCNC(C(=O)OCC)c1ccc(C)cc1. The molecule has 1 N–H and O–H groups in total. The Hall–Kier alpha value is -1.35. The highest BCUT2D eigenvalue weighted by atomic mass is 16.5. The van der Waals surface area contributed by atoms with Crippen molar-refractivity contribution in [2.75, 3.05) is 13.2 Å². The van der Waals surface area contributed by atoms with Gasteiger partial charge in [0.05, 0.1) is 6.61 Å². The topological polar surface area (TPSA) is 38.3 Å². The summed E-state index contributed by atoms with van der Waals surface area (Å²) < 4.78 is 5.08. The van der Waals surface area contributed by atoms with Gasteiger partial charge in [0.15, 0.2) is 0 Å². The van der Waals surface area contributed by atoms with Gasteiger partial charge in [0, 0.05) is 0 Å². The van der Waals surface area contributed by atoms with E-state index in [-0.39, 0.29) is 12.0 Å². The summed E-state index contributed by atoms with van der Waals surface area (Å²) in [5, 5.41) is 3.22. The molecule has 0 amide bonds. The zero-order valence-corrected chi connectivity index (χ0v) is 10.8. The number of nitrogens with one attached hydrogen (secondary N) is 1. The molecule has 0 aliphatic carbocycles. The van der Waals surface area contributed by atoms with Crippen molar-refractivity contribution in [3.8, 4) is 0 Å². The molecule has 0 bridgehead atoms. The van der Waals surface area contributed by atoms with Crippen LogP contribution in [0.5, 0.6) is 0 Å². The van der Waals surface area contributed by atoms with Gasteiger partial charge in [-0.25, -0.2) is 4.79 Å². The molecule has 0 spiro atoms. The van der Waals surface area contributed by atoms with Gasteiger partial charge in [-0.15, -0.1) is 0 Å². The maximum atomic E-state index is 11.8. The summed E-state index contributed by atoms with van der Waals surface area (Å²) in [4.78, 5) is 11.8. The third-order valence-electron chi connectivity index (χ3n) is 2.53. The van der Waals surface area contributed by atoms with E-state index in [1.807, 2.05) is 38.1 Å². The summed E-state index contributed by atoms with van der Waals surface area (Å²) in [6.45, 7) is 7.14. The average molecular weight is 235 g/mol. The summed E-state index contributed by atoms with van der Waals surface area (Å²) in [5.74, 6) is -0.204. The van der Waals surface area contributed by atoms with Crippen LogP contribution in [-0.2, 0) is 9.53 Å². The first kappa shape index (κ1) is 13.7. The number of hydrogen-bond donors (Lipinski definition) is 1. The first-order valence-electron chi connectivity index (χ1n) is 6.15. The fourth-order valence-corrected chi connectivity index (χ4v) is 1.61. The van der Waals surface area contributed by atoms with Gasteiger partial charge in [-0.1, -0.05) is 36.8 Å². The van der Waals surface area contributed by atoms with Crippen molar-refractivity contribution >= 4 is 5.97 Å². The maximum absolute atomic E-state index is 11.8. The minimum atomic E-state index is -0.351. The number of esters is 1. The molecule has 0 heterocycles. The van der Waals surface area contributed by atoms with Crippen LogP contribution in [0.2, 0.25) is 0 Å². The van der Waals surface area contributed by atoms with E-state index in [0.29, 0.717) is 6.61 Å². The second-order valence-electron chi connectivity index (χ2n) is 4.05. The molecule has 94 valence electrons. The molecule has 1 aromatic rings. The van der Waals surface area contributed by atoms with E-state index in [9.17, 15) is 4.79 Å². The lowest BCUT2D eigenvalue weighted by Crippen LogP contribution is -2.30. The third-order valence-corrected chi connectivity index (χ3v) is 2.53. The van der Waals surface area contributed by atoms with Gasteiger partial charge >= 0.3 is 5.97 Å². The van der Waals surface area contributed by atoms with Crippen molar-refractivity contribution in [1.82, 2.24) is 5.32 Å². The van der Waals surface area contributed by atoms with Gasteiger partial charge < -0.3 is 10.1 Å². The quantitative estimate of drug-likeness (QED) is 0.770. The van der Waals surface area contributed by atoms with Gasteiger partial charge in [-0.05, 0) is 32.4 Å². The van der Waals surface area contributed by atoms with Crippen LogP contribution in [0.15, 0.2) is 24.3 Å². The second-order valence-corrected chi connectivity index (χ2v) is 4.05. The molecular formula is C14H21NO2. The highest BCUT2D eigenvalue weighted by Gasteiger charge is 2.20. The normalized spacial score (nSPS) is 12.2. The summed E-state index contributed by atoms with van der Waals surface area (Å²) >= 11 is 0. The fourth-order valence-electron chi connectivity index (χ4n) is 1.61. The second kappa shape index (κ2) is 7.07. The van der Waals surface area contributed by atoms with Crippen LogP contribution in [0.4, 0.5) is 0 Å². The van der Waals surface area contributed by atoms with Crippen molar-refractivity contribution < 1.29 is 9.53 Å². The van der Waals surface area contributed by atoms with E-state index in [1.165, 1.54) is 5.56 Å². The number of ether oxygens (including phenoxy) is 1. The minimum absolute atomic E-state index is 0.204. The van der Waals surface area contributed by atoms with Crippen molar-refractivity contribution in [3.05, 3.63) is 35.4 Å². The molecule has 1 rings (SSSR count). The fraction of sp³-hybridized carbons (Fsp3) is 0.500. The monoisotopic (exact) mass is 235 g/mol. The maximum Gasteiger partial charge on any atom is 0.327 e. The molecule has 0 aliphatic rings. The van der Waals surface area contributed by atoms with Crippen LogP contribution in [-0.4, -0.2) is 19.1 Å². The van der Waals surface area contributed by atoms with Crippen molar-refractivity contribution in [1.29, 1.82) is 0 Å². The van der Waals surface area contributed by atoms with E-state index in [2.05, 4.69) is 12.2 Å². The van der Waals surface area contributed by atoms with Crippen molar-refractivity contribution in [2.24, 2.45) is 0 Å². The average Bonchev–Trinajstić information content (AvgIpc) is 2.32. The molecule has 0 saturated carbocycles. The van der Waals surface area contributed by atoms with Gasteiger partial charge in [-0.3, -0.25) is 0 Å². The summed E-state index contributed by atoms with van der Waals surface area (Å²) in [6, 6.07) is 7.61. The smallest absolute Gasteiger partial charge is 0.327 e. The highest BCUT2D eigenvalue weighted by molar-refractivity contribution is 5.77. The van der Waals surface area contributed by atoms with E-state index in [4.69, 9.17) is 4.74 Å². The Labute approximate surface area is 103 Å². The molecule has 0 saturated heterocycles. The predicted octanol–water partition coefficient (Wildman–Crippen LogP) is 2.60. The number of rotatable bonds is 6. The van der Waals surface area contributed by atoms with Gasteiger partial charge in [0.25, 0.3) is 0 Å². The van der Waals surface area contributed by atoms with Crippen molar-refractivity contribution in [2.45, 2.75) is 33.2 Å². The molecule has 0 aromatic heterocycles. The molecule has 1 unspecified atom stereocenters. The molecule has 1 aromatic carbocycles. The number of aryl methyl sites for hydroxylation is 1. The Kier molecular flexibility index (Phi) is 5.70. The molecule has 3 heteroatoms. The van der Waals surface area contributed by atoms with Crippen LogP contribution in [0.25, 0.3) is 0 Å². The third kappa shape index (κ3) is 4.19. The Balaban J connectivity index is 2.81. The number of carbonyl (C=O) groups excluding carboxylic acids is 1. The Bertz CT molecular complexity index is 346. The number of hydrogen-bond acceptors (Lipinski definition) is 3. The first-order chi connectivity index (χ1) is 8.19. The van der Waals surface area contributed by atoms with E-state index in [1.54, 1.807) is 0 Å². The summed E-state index contributed by atoms with van der Waals surface area (Å²) in [7, 11) is 0. The van der Waals surface area contributed by atoms with Crippen molar-refractivity contribution in [3.63, 3.8) is 0 Å². The highest BCUT2D eigenvalue weighted by Crippen LogP contribution is 2.15. The minimum Gasteiger partial charge on any atom is -0.465 e. The molecule has 17 heavy (non-hydrogen) atoms. The molecule has 1 atom stereocenters. The molecular weight excluding hydrogens is 214 g/mol. The zero-order valence-electron chi connectivity index (χ0n) is 10.8. The zero-order chi connectivity index (χ0) is 12.7. The standard InChI is InChI=1S/C14H21NO2/c1-4-10-15-13(14(16)17-5-2)12-8-6-11(3)7-9-12/h6-9,13,15H,4-5,10H2,1-3H3. The lowest BCUT2D eigenvalue weighted by Gasteiger charge is -2.17. The molecule has 0 aliphatic heterocycles. The van der Waals surface area contributed by atoms with Crippen LogP contribution in [0.1, 0.15) is 37.4 Å². The van der Waals surface area contributed by atoms with E-state index >= 15 is 0 Å². The van der Waals surface area contributed by atoms with Crippen LogP contribution in [0.3, 0.4) is 0 Å². The Morgan fingerprint density at radius 3 is 2.47 bits per heavy atom. The van der Waals surface area contributed by atoms with E-state index < -0.39 is 0 Å². The first-order valence-corrected chi connectivity index (χ1v) is 6.15. The predicted molar refractivity (Wildman–Crippen MR) is 68.8 cm³/mol. The number of carbonyl (C=O) groups is 1. The number of benzene rings is 1. The van der Waals surface area contributed by atoms with Gasteiger partial charge in [0.2, 0.25) is 0 Å². The van der Waals surface area contributed by atoms with Gasteiger partial charge in [0.1, 0.15) is 6.04 Å².